The number of amides is 2. The Morgan fingerprint density at radius 2 is 1.96 bits per heavy atom. The van der Waals surface area contributed by atoms with Crippen LogP contribution in [0.2, 0.25) is 0 Å². The van der Waals surface area contributed by atoms with Crippen molar-refractivity contribution in [2.24, 2.45) is 0 Å². The molecular formula is C22H21N3O2S. The van der Waals surface area contributed by atoms with Crippen LogP contribution < -0.4 is 10.2 Å². The van der Waals surface area contributed by atoms with E-state index in [1.165, 1.54) is 16.9 Å². The van der Waals surface area contributed by atoms with Crippen LogP contribution in [0, 0.1) is 6.92 Å². The first kappa shape index (κ1) is 18.4. The lowest BCUT2D eigenvalue weighted by molar-refractivity contribution is -0.118. The average molecular weight is 391 g/mol. The minimum atomic E-state index is -0.163. The van der Waals surface area contributed by atoms with E-state index >= 15 is 0 Å². The first-order valence-corrected chi connectivity index (χ1v) is 10.2. The predicted molar refractivity (Wildman–Crippen MR) is 113 cm³/mol. The van der Waals surface area contributed by atoms with E-state index in [2.05, 4.69) is 16.4 Å². The van der Waals surface area contributed by atoms with E-state index in [9.17, 15) is 9.59 Å². The Bertz CT molecular complexity index is 1040. The van der Waals surface area contributed by atoms with E-state index in [0.29, 0.717) is 17.1 Å². The molecule has 2 heterocycles. The maximum Gasteiger partial charge on any atom is 0.257 e. The Morgan fingerprint density at radius 1 is 1.18 bits per heavy atom. The van der Waals surface area contributed by atoms with Gasteiger partial charge in [-0.25, -0.2) is 4.98 Å². The Balaban J connectivity index is 1.58. The normalized spacial score (nSPS) is 12.7. The van der Waals surface area contributed by atoms with E-state index in [1.54, 1.807) is 12.1 Å². The smallest absolute Gasteiger partial charge is 0.257 e. The summed E-state index contributed by atoms with van der Waals surface area (Å²) in [4.78, 5) is 32.0. The second-order valence-electron chi connectivity index (χ2n) is 6.74. The molecule has 0 saturated carbocycles. The molecular weight excluding hydrogens is 370 g/mol. The number of rotatable bonds is 4. The van der Waals surface area contributed by atoms with E-state index in [0.717, 1.165) is 34.8 Å². The summed E-state index contributed by atoms with van der Waals surface area (Å²) >= 11 is 1.47. The van der Waals surface area contributed by atoms with Crippen molar-refractivity contribution in [2.75, 3.05) is 16.8 Å². The number of carbonyl (C=O) groups is 2. The van der Waals surface area contributed by atoms with Crippen LogP contribution in [-0.4, -0.2) is 23.3 Å². The van der Waals surface area contributed by atoms with Gasteiger partial charge in [0.25, 0.3) is 5.91 Å². The van der Waals surface area contributed by atoms with Gasteiger partial charge in [0, 0.05) is 34.7 Å². The van der Waals surface area contributed by atoms with Crippen molar-refractivity contribution in [3.63, 3.8) is 0 Å². The molecule has 5 nitrogen and oxygen atoms in total. The van der Waals surface area contributed by atoms with Crippen LogP contribution in [0.4, 0.5) is 10.8 Å². The standard InChI is InChI=1S/C22H21N3O2S/c1-3-19(26)25-12-11-16-13-17(9-10-18(16)25)20-14(2)28-22(23-20)24-21(27)15-7-5-4-6-8-15/h4-10,13H,3,11-12H2,1-2H3,(H,23,24,27). The van der Waals surface area contributed by atoms with Gasteiger partial charge in [-0.3, -0.25) is 14.9 Å². The van der Waals surface area contributed by atoms with Gasteiger partial charge in [0.15, 0.2) is 5.13 Å². The van der Waals surface area contributed by atoms with Crippen molar-refractivity contribution >= 4 is 34.0 Å². The molecule has 1 aromatic heterocycles. The second kappa shape index (κ2) is 7.56. The van der Waals surface area contributed by atoms with Crippen LogP contribution in [0.5, 0.6) is 0 Å². The van der Waals surface area contributed by atoms with Gasteiger partial charge in [-0.2, -0.15) is 0 Å². The Labute approximate surface area is 168 Å². The molecule has 1 aliphatic rings. The van der Waals surface area contributed by atoms with Crippen molar-refractivity contribution in [1.29, 1.82) is 0 Å². The molecule has 0 atom stereocenters. The highest BCUT2D eigenvalue weighted by molar-refractivity contribution is 7.16. The van der Waals surface area contributed by atoms with Crippen molar-refractivity contribution in [3.05, 3.63) is 64.5 Å². The molecule has 142 valence electrons. The number of carbonyl (C=O) groups excluding carboxylic acids is 2. The van der Waals surface area contributed by atoms with E-state index in [1.807, 2.05) is 49.1 Å². The van der Waals surface area contributed by atoms with Gasteiger partial charge < -0.3 is 4.90 Å². The highest BCUT2D eigenvalue weighted by Gasteiger charge is 2.24. The van der Waals surface area contributed by atoms with Crippen LogP contribution in [0.1, 0.15) is 34.1 Å². The largest absolute Gasteiger partial charge is 0.312 e. The summed E-state index contributed by atoms with van der Waals surface area (Å²) in [6.07, 6.45) is 1.37. The van der Waals surface area contributed by atoms with Crippen LogP contribution in [-0.2, 0) is 11.2 Å². The van der Waals surface area contributed by atoms with Crippen molar-refractivity contribution < 1.29 is 9.59 Å². The highest BCUT2D eigenvalue weighted by atomic mass is 32.1. The molecule has 0 radical (unpaired) electrons. The molecule has 1 N–H and O–H groups in total. The number of hydrogen-bond acceptors (Lipinski definition) is 4. The molecule has 0 bridgehead atoms. The summed E-state index contributed by atoms with van der Waals surface area (Å²) in [5, 5.41) is 3.47. The molecule has 3 aromatic rings. The predicted octanol–water partition coefficient (Wildman–Crippen LogP) is 4.67. The fraction of sp³-hybridized carbons (Fsp3) is 0.227. The summed E-state index contributed by atoms with van der Waals surface area (Å²) in [7, 11) is 0. The molecule has 1 aliphatic heterocycles. The second-order valence-corrected chi connectivity index (χ2v) is 7.94. The van der Waals surface area contributed by atoms with Crippen LogP contribution in [0.25, 0.3) is 11.3 Å². The maximum absolute atomic E-state index is 12.4. The van der Waals surface area contributed by atoms with Gasteiger partial charge in [-0.15, -0.1) is 11.3 Å². The van der Waals surface area contributed by atoms with E-state index in [4.69, 9.17) is 0 Å². The fourth-order valence-electron chi connectivity index (χ4n) is 3.48. The first-order chi connectivity index (χ1) is 13.6. The van der Waals surface area contributed by atoms with E-state index in [-0.39, 0.29) is 11.8 Å². The molecule has 2 amide bonds. The number of aryl methyl sites for hydroxylation is 1. The number of anilines is 2. The SMILES string of the molecule is CCC(=O)N1CCc2cc(-c3nc(NC(=O)c4ccccc4)sc3C)ccc21. The molecule has 6 heteroatoms. The minimum Gasteiger partial charge on any atom is -0.312 e. The summed E-state index contributed by atoms with van der Waals surface area (Å²) in [5.74, 6) is -0.00850. The van der Waals surface area contributed by atoms with Crippen molar-refractivity contribution in [2.45, 2.75) is 26.7 Å². The summed E-state index contributed by atoms with van der Waals surface area (Å²) in [6.45, 7) is 4.63. The zero-order chi connectivity index (χ0) is 19.7. The number of benzene rings is 2. The molecule has 28 heavy (non-hydrogen) atoms. The van der Waals surface area contributed by atoms with Gasteiger partial charge in [-0.05, 0) is 43.2 Å². The van der Waals surface area contributed by atoms with Crippen LogP contribution in [0.15, 0.2) is 48.5 Å². The number of fused-ring (bicyclic) bond motifs is 1. The lowest BCUT2D eigenvalue weighted by Gasteiger charge is -2.16. The van der Waals surface area contributed by atoms with Gasteiger partial charge >= 0.3 is 0 Å². The fourth-order valence-corrected chi connectivity index (χ4v) is 4.31. The minimum absolute atomic E-state index is 0.155. The third kappa shape index (κ3) is 3.43. The number of thiazole rings is 1. The summed E-state index contributed by atoms with van der Waals surface area (Å²) < 4.78 is 0. The molecule has 0 aliphatic carbocycles. The summed E-state index contributed by atoms with van der Waals surface area (Å²) in [6, 6.07) is 15.2. The quantitative estimate of drug-likeness (QED) is 0.703. The van der Waals surface area contributed by atoms with Gasteiger partial charge in [-0.1, -0.05) is 31.2 Å². The average Bonchev–Trinajstić information content (AvgIpc) is 3.30. The summed E-state index contributed by atoms with van der Waals surface area (Å²) in [5.41, 5.74) is 4.66. The Morgan fingerprint density at radius 3 is 2.71 bits per heavy atom. The Kier molecular flexibility index (Phi) is 4.96. The highest BCUT2D eigenvalue weighted by Crippen LogP contribution is 2.36. The van der Waals surface area contributed by atoms with Crippen LogP contribution >= 0.6 is 11.3 Å². The van der Waals surface area contributed by atoms with Gasteiger partial charge in [0.05, 0.1) is 5.69 Å². The molecule has 0 fully saturated rings. The molecule has 0 saturated heterocycles. The Hall–Kier alpha value is -2.99. The van der Waals surface area contributed by atoms with Gasteiger partial charge in [0.1, 0.15) is 0 Å². The molecule has 0 spiro atoms. The molecule has 2 aromatic carbocycles. The zero-order valence-electron chi connectivity index (χ0n) is 15.9. The lowest BCUT2D eigenvalue weighted by Crippen LogP contribution is -2.27. The van der Waals surface area contributed by atoms with Crippen molar-refractivity contribution in [1.82, 2.24) is 4.98 Å². The van der Waals surface area contributed by atoms with E-state index < -0.39 is 0 Å². The third-order valence-corrected chi connectivity index (χ3v) is 5.79. The maximum atomic E-state index is 12.4. The van der Waals surface area contributed by atoms with Crippen LogP contribution in [0.3, 0.4) is 0 Å². The third-order valence-electron chi connectivity index (χ3n) is 4.91. The van der Waals surface area contributed by atoms with Crippen molar-refractivity contribution in [3.8, 4) is 11.3 Å². The van der Waals surface area contributed by atoms with Gasteiger partial charge in [0.2, 0.25) is 5.91 Å². The monoisotopic (exact) mass is 391 g/mol. The first-order valence-electron chi connectivity index (χ1n) is 9.34. The molecule has 4 rings (SSSR count). The molecule has 0 unspecified atom stereocenters. The number of nitrogens with one attached hydrogen (secondary N) is 1. The zero-order valence-corrected chi connectivity index (χ0v) is 16.7. The number of nitrogens with zero attached hydrogens (tertiary/aromatic N) is 2. The number of aromatic nitrogens is 1. The lowest BCUT2D eigenvalue weighted by atomic mass is 10.1. The topological polar surface area (TPSA) is 62.3 Å². The number of hydrogen-bond donors (Lipinski definition) is 1.